The number of urea groups is 1. The summed E-state index contributed by atoms with van der Waals surface area (Å²) in [6.07, 6.45) is -5.35. The molecule has 1 fully saturated rings. The second-order valence-corrected chi connectivity index (χ2v) is 7.57. The van der Waals surface area contributed by atoms with E-state index in [1.807, 2.05) is 0 Å². The van der Waals surface area contributed by atoms with Crippen molar-refractivity contribution in [3.63, 3.8) is 0 Å². The highest BCUT2D eigenvalue weighted by molar-refractivity contribution is 7.12. The topological polar surface area (TPSA) is 106 Å². The van der Waals surface area contributed by atoms with Crippen molar-refractivity contribution >= 4 is 23.2 Å². The number of Topliss-reactive ketones (excluding diaryl/α,β-unsaturated/α-hetero) is 1. The highest BCUT2D eigenvalue weighted by Gasteiger charge is 2.66. The third-order valence-corrected chi connectivity index (χ3v) is 5.78. The van der Waals surface area contributed by atoms with Gasteiger partial charge in [0.15, 0.2) is 17.3 Å². The largest absolute Gasteiger partial charge is 0.493 e. The molecule has 1 aromatic heterocycles. The number of ketones is 1. The molecule has 2 amide bonds. The molecule has 0 unspecified atom stereocenters. The summed E-state index contributed by atoms with van der Waals surface area (Å²) in [5.74, 6) is -2.78. The van der Waals surface area contributed by atoms with Gasteiger partial charge in [0.05, 0.1) is 32.2 Å². The van der Waals surface area contributed by atoms with Crippen LogP contribution in [0.5, 0.6) is 17.2 Å². The molecule has 2 aromatic rings. The van der Waals surface area contributed by atoms with E-state index in [0.29, 0.717) is 0 Å². The van der Waals surface area contributed by atoms with E-state index in [0.717, 1.165) is 11.3 Å². The predicted octanol–water partition coefficient (Wildman–Crippen LogP) is 2.88. The number of rotatable bonds is 6. The number of halogens is 3. The molecule has 3 N–H and O–H groups in total. The summed E-state index contributed by atoms with van der Waals surface area (Å²) in [6.45, 7) is 0. The van der Waals surface area contributed by atoms with Crippen molar-refractivity contribution in [3.8, 4) is 17.2 Å². The fraction of sp³-hybridized carbons (Fsp3) is 0.368. The van der Waals surface area contributed by atoms with Gasteiger partial charge in [-0.15, -0.1) is 11.3 Å². The Kier molecular flexibility index (Phi) is 6.05. The molecule has 1 aromatic carbocycles. The highest BCUT2D eigenvalue weighted by Crippen LogP contribution is 2.47. The zero-order chi connectivity index (χ0) is 23.0. The van der Waals surface area contributed by atoms with E-state index in [-0.39, 0.29) is 27.7 Å². The summed E-state index contributed by atoms with van der Waals surface area (Å²) in [5, 5.41) is 15.9. The molecule has 0 bridgehead atoms. The van der Waals surface area contributed by atoms with Gasteiger partial charge in [0.1, 0.15) is 5.92 Å². The number of amides is 2. The lowest BCUT2D eigenvalue weighted by molar-refractivity contribution is -0.287. The number of hydrogen-bond acceptors (Lipinski definition) is 7. The predicted molar refractivity (Wildman–Crippen MR) is 104 cm³/mol. The Bertz CT molecular complexity index is 957. The summed E-state index contributed by atoms with van der Waals surface area (Å²) in [6, 6.07) is 2.59. The van der Waals surface area contributed by atoms with Gasteiger partial charge in [0, 0.05) is 0 Å². The van der Waals surface area contributed by atoms with Crippen LogP contribution in [0.25, 0.3) is 0 Å². The summed E-state index contributed by atoms with van der Waals surface area (Å²) in [4.78, 5) is 25.2. The highest BCUT2D eigenvalue weighted by atomic mass is 32.1. The van der Waals surface area contributed by atoms with Gasteiger partial charge >= 0.3 is 12.2 Å². The Balaban J connectivity index is 2.23. The van der Waals surface area contributed by atoms with E-state index < -0.39 is 35.7 Å². The van der Waals surface area contributed by atoms with Gasteiger partial charge in [0.25, 0.3) is 0 Å². The molecule has 8 nitrogen and oxygen atoms in total. The van der Waals surface area contributed by atoms with Crippen molar-refractivity contribution < 1.29 is 42.1 Å². The van der Waals surface area contributed by atoms with Crippen LogP contribution in [0, 0.1) is 5.92 Å². The second-order valence-electron chi connectivity index (χ2n) is 6.62. The first-order chi connectivity index (χ1) is 14.6. The van der Waals surface area contributed by atoms with Gasteiger partial charge in [-0.25, -0.2) is 4.79 Å². The molecule has 0 radical (unpaired) electrons. The van der Waals surface area contributed by atoms with E-state index in [4.69, 9.17) is 14.2 Å². The van der Waals surface area contributed by atoms with Crippen LogP contribution in [0.2, 0.25) is 0 Å². The lowest BCUT2D eigenvalue weighted by Gasteiger charge is -2.45. The summed E-state index contributed by atoms with van der Waals surface area (Å²) < 4.78 is 57.5. The maximum Gasteiger partial charge on any atom is 0.437 e. The van der Waals surface area contributed by atoms with Crippen molar-refractivity contribution in [2.45, 2.75) is 17.9 Å². The van der Waals surface area contributed by atoms with Crippen LogP contribution in [0.4, 0.5) is 18.0 Å². The quantitative estimate of drug-likeness (QED) is 0.573. The van der Waals surface area contributed by atoms with Crippen LogP contribution in [0.1, 0.15) is 21.3 Å². The molecule has 2 heterocycles. The minimum Gasteiger partial charge on any atom is -0.493 e. The average molecular weight is 460 g/mol. The van der Waals surface area contributed by atoms with Crippen molar-refractivity contribution in [3.05, 3.63) is 40.1 Å². The number of alkyl halides is 3. The Morgan fingerprint density at radius 2 is 1.77 bits per heavy atom. The number of ether oxygens (including phenoxy) is 3. The van der Waals surface area contributed by atoms with Gasteiger partial charge in [-0.2, -0.15) is 13.2 Å². The average Bonchev–Trinajstić information content (AvgIpc) is 3.25. The van der Waals surface area contributed by atoms with Crippen LogP contribution in [0.3, 0.4) is 0 Å². The number of aliphatic hydroxyl groups is 1. The Morgan fingerprint density at radius 1 is 1.16 bits per heavy atom. The number of nitrogens with one attached hydrogen (secondary N) is 2. The first-order valence-corrected chi connectivity index (χ1v) is 9.70. The molecule has 168 valence electrons. The minimum absolute atomic E-state index is 0.0111. The monoisotopic (exact) mass is 460 g/mol. The van der Waals surface area contributed by atoms with Gasteiger partial charge in [0.2, 0.25) is 11.5 Å². The summed E-state index contributed by atoms with van der Waals surface area (Å²) in [7, 11) is 3.96. The maximum absolute atomic E-state index is 13.9. The molecular formula is C19H19F3N2O6S. The van der Waals surface area contributed by atoms with Crippen LogP contribution in [-0.4, -0.2) is 50.2 Å². The van der Waals surface area contributed by atoms with E-state index in [9.17, 15) is 27.9 Å². The number of carbonyl (C=O) groups excluding carboxylic acids is 2. The molecule has 0 spiro atoms. The zero-order valence-corrected chi connectivity index (χ0v) is 17.4. The van der Waals surface area contributed by atoms with Crippen molar-refractivity contribution in [2.75, 3.05) is 21.3 Å². The second kappa shape index (κ2) is 8.27. The number of carbonyl (C=O) groups is 2. The Labute approximate surface area is 178 Å². The van der Waals surface area contributed by atoms with Crippen molar-refractivity contribution in [2.24, 2.45) is 5.92 Å². The molecular weight excluding hydrogens is 441 g/mol. The first-order valence-electron chi connectivity index (χ1n) is 8.82. The molecule has 0 saturated carbocycles. The summed E-state index contributed by atoms with van der Waals surface area (Å²) >= 11 is 0.918. The molecule has 1 aliphatic rings. The molecule has 12 heteroatoms. The van der Waals surface area contributed by atoms with E-state index >= 15 is 0 Å². The number of thiophene rings is 1. The van der Waals surface area contributed by atoms with Crippen LogP contribution in [-0.2, 0) is 0 Å². The fourth-order valence-corrected chi connectivity index (χ4v) is 4.17. The lowest BCUT2D eigenvalue weighted by Crippen LogP contribution is -2.72. The molecule has 3 rings (SSSR count). The fourth-order valence-electron chi connectivity index (χ4n) is 3.47. The number of benzene rings is 1. The Hall–Kier alpha value is -2.99. The third kappa shape index (κ3) is 3.88. The maximum atomic E-state index is 13.9. The van der Waals surface area contributed by atoms with Crippen LogP contribution >= 0.6 is 11.3 Å². The molecule has 31 heavy (non-hydrogen) atoms. The van der Waals surface area contributed by atoms with Gasteiger partial charge in [-0.3, -0.25) is 4.79 Å². The molecule has 1 aliphatic heterocycles. The smallest absolute Gasteiger partial charge is 0.437 e. The van der Waals surface area contributed by atoms with Crippen molar-refractivity contribution in [1.82, 2.24) is 10.6 Å². The molecule has 1 saturated heterocycles. The van der Waals surface area contributed by atoms with Gasteiger partial charge in [-0.05, 0) is 29.1 Å². The van der Waals surface area contributed by atoms with E-state index in [1.165, 1.54) is 56.3 Å². The minimum atomic E-state index is -5.35. The first kappa shape index (κ1) is 22.7. The van der Waals surface area contributed by atoms with E-state index in [2.05, 4.69) is 5.32 Å². The third-order valence-electron chi connectivity index (χ3n) is 4.90. The van der Waals surface area contributed by atoms with E-state index in [1.54, 1.807) is 0 Å². The van der Waals surface area contributed by atoms with Crippen LogP contribution < -0.4 is 24.8 Å². The normalized spacial score (nSPS) is 23.5. The number of methoxy groups -OCH3 is 3. The van der Waals surface area contributed by atoms with Gasteiger partial charge < -0.3 is 30.0 Å². The zero-order valence-electron chi connectivity index (χ0n) is 16.6. The van der Waals surface area contributed by atoms with Gasteiger partial charge in [-0.1, -0.05) is 6.07 Å². The lowest BCUT2D eigenvalue weighted by atomic mass is 9.78. The van der Waals surface area contributed by atoms with Crippen LogP contribution in [0.15, 0.2) is 29.6 Å². The SMILES string of the molecule is COc1cc([C@@H]2NC(=O)N[C@](O)(C(F)(F)F)[C@H]2C(=O)c2cccs2)cc(OC)c1OC. The molecule has 0 aliphatic carbocycles. The standard InChI is InChI=1S/C19H19F3N2O6S/c1-28-10-7-9(8-11(29-2)16(10)30-3)14-13(15(25)12-5-4-6-31-12)18(27,19(20,21)22)24-17(26)23-14/h4-8,13-14,27H,1-3H3,(H2,23,24,26)/t13-,14+,18-/m1/s1. The number of hydrogen-bond donors (Lipinski definition) is 3. The Morgan fingerprint density at radius 3 is 2.23 bits per heavy atom. The summed E-state index contributed by atoms with van der Waals surface area (Å²) in [5.41, 5.74) is -3.77. The molecule has 3 atom stereocenters. The van der Waals surface area contributed by atoms with Crippen molar-refractivity contribution in [1.29, 1.82) is 0 Å².